The molecule has 102 valence electrons. The van der Waals surface area contributed by atoms with Gasteiger partial charge < -0.3 is 20.8 Å². The molecular weight excluding hydrogens is 256 g/mol. The second-order valence-electron chi connectivity index (χ2n) is 3.52. The summed E-state index contributed by atoms with van der Waals surface area (Å²) < 4.78 is 0. The summed E-state index contributed by atoms with van der Waals surface area (Å²) >= 11 is 0. The number of carboxylic acids is 2. The number of carbonyl (C=O) groups excluding carboxylic acids is 1. The molecule has 1 heterocycles. The fourth-order valence-electron chi connectivity index (χ4n) is 1.18. The number of aliphatic carboxylic acids is 2. The largest absolute Gasteiger partial charge is 0.481 e. The van der Waals surface area contributed by atoms with Crippen LogP contribution in [-0.4, -0.2) is 44.2 Å². The Kier molecular flexibility index (Phi) is 5.20. The maximum absolute atomic E-state index is 11.4. The molecule has 0 radical (unpaired) electrons. The SMILES string of the molecule is O=C(O)C[C@@H](NC(=O)NCc1ccncn1)C(=O)O. The maximum atomic E-state index is 11.4. The van der Waals surface area contributed by atoms with E-state index in [0.717, 1.165) is 0 Å². The molecule has 0 aromatic carbocycles. The first-order chi connectivity index (χ1) is 8.99. The van der Waals surface area contributed by atoms with Gasteiger partial charge in [0.25, 0.3) is 0 Å². The van der Waals surface area contributed by atoms with Crippen LogP contribution >= 0.6 is 0 Å². The summed E-state index contributed by atoms with van der Waals surface area (Å²) in [5.41, 5.74) is 0.537. The van der Waals surface area contributed by atoms with Crippen LogP contribution < -0.4 is 10.6 Å². The normalized spacial score (nSPS) is 11.4. The van der Waals surface area contributed by atoms with Crippen LogP contribution in [0.5, 0.6) is 0 Å². The van der Waals surface area contributed by atoms with Gasteiger partial charge in [0.2, 0.25) is 0 Å². The smallest absolute Gasteiger partial charge is 0.326 e. The van der Waals surface area contributed by atoms with Gasteiger partial charge >= 0.3 is 18.0 Å². The zero-order valence-electron chi connectivity index (χ0n) is 9.74. The molecule has 19 heavy (non-hydrogen) atoms. The third-order valence-electron chi connectivity index (χ3n) is 2.06. The number of carboxylic acid groups (broad SMARTS) is 2. The molecule has 1 atom stereocenters. The third-order valence-corrected chi connectivity index (χ3v) is 2.06. The van der Waals surface area contributed by atoms with Crippen molar-refractivity contribution >= 4 is 18.0 Å². The predicted molar refractivity (Wildman–Crippen MR) is 61.1 cm³/mol. The van der Waals surface area contributed by atoms with Crippen LogP contribution in [0.15, 0.2) is 18.6 Å². The van der Waals surface area contributed by atoms with Crippen LogP contribution in [0.1, 0.15) is 12.1 Å². The highest BCUT2D eigenvalue weighted by Gasteiger charge is 2.22. The summed E-state index contributed by atoms with van der Waals surface area (Å²) in [6.45, 7) is 0.0771. The van der Waals surface area contributed by atoms with Crippen molar-refractivity contribution in [3.63, 3.8) is 0 Å². The lowest BCUT2D eigenvalue weighted by molar-refractivity contribution is -0.145. The number of amides is 2. The van der Waals surface area contributed by atoms with Gasteiger partial charge in [-0.15, -0.1) is 0 Å². The van der Waals surface area contributed by atoms with Crippen LogP contribution in [0.4, 0.5) is 4.79 Å². The predicted octanol–water partition coefficient (Wildman–Crippen LogP) is -0.796. The Morgan fingerprint density at radius 1 is 1.32 bits per heavy atom. The summed E-state index contributed by atoms with van der Waals surface area (Å²) in [5.74, 6) is -2.73. The minimum atomic E-state index is -1.48. The number of aromatic nitrogens is 2. The Labute approximate surface area is 107 Å². The average Bonchev–Trinajstić information content (AvgIpc) is 2.36. The van der Waals surface area contributed by atoms with E-state index < -0.39 is 30.4 Å². The van der Waals surface area contributed by atoms with Crippen molar-refractivity contribution in [1.29, 1.82) is 0 Å². The Morgan fingerprint density at radius 3 is 2.58 bits per heavy atom. The molecule has 9 nitrogen and oxygen atoms in total. The molecule has 0 unspecified atom stereocenters. The van der Waals surface area contributed by atoms with Gasteiger partial charge in [-0.05, 0) is 6.07 Å². The van der Waals surface area contributed by atoms with Gasteiger partial charge in [-0.2, -0.15) is 0 Å². The van der Waals surface area contributed by atoms with E-state index in [0.29, 0.717) is 5.69 Å². The van der Waals surface area contributed by atoms with Gasteiger partial charge in [-0.25, -0.2) is 19.6 Å². The zero-order valence-corrected chi connectivity index (χ0v) is 9.74. The van der Waals surface area contributed by atoms with E-state index in [9.17, 15) is 14.4 Å². The van der Waals surface area contributed by atoms with E-state index in [1.807, 2.05) is 5.32 Å². The number of hydrogen-bond acceptors (Lipinski definition) is 5. The van der Waals surface area contributed by atoms with E-state index in [-0.39, 0.29) is 6.54 Å². The first-order valence-electron chi connectivity index (χ1n) is 5.23. The fourth-order valence-corrected chi connectivity index (χ4v) is 1.18. The standard InChI is InChI=1S/C10H12N4O5/c15-8(16)3-7(9(17)18)14-10(19)12-4-6-1-2-11-5-13-6/h1-2,5,7H,3-4H2,(H,15,16)(H,17,18)(H2,12,14,19)/t7-/m1/s1. The number of rotatable bonds is 6. The summed E-state index contributed by atoms with van der Waals surface area (Å²) in [7, 11) is 0. The average molecular weight is 268 g/mol. The van der Waals surface area contributed by atoms with Gasteiger partial charge in [0, 0.05) is 6.20 Å². The van der Waals surface area contributed by atoms with Crippen LogP contribution in [0, 0.1) is 0 Å². The Hall–Kier alpha value is -2.71. The van der Waals surface area contributed by atoms with Crippen molar-refractivity contribution in [3.05, 3.63) is 24.3 Å². The number of carbonyl (C=O) groups is 3. The molecule has 0 saturated heterocycles. The van der Waals surface area contributed by atoms with Crippen molar-refractivity contribution < 1.29 is 24.6 Å². The minimum Gasteiger partial charge on any atom is -0.481 e. The summed E-state index contributed by atoms with van der Waals surface area (Å²) in [6, 6.07) is -0.693. The first-order valence-corrected chi connectivity index (χ1v) is 5.23. The molecule has 0 bridgehead atoms. The molecule has 4 N–H and O–H groups in total. The summed E-state index contributed by atoms with van der Waals surface area (Å²) in [5, 5.41) is 21.6. The molecule has 1 rings (SSSR count). The third kappa shape index (κ3) is 5.44. The molecule has 1 aromatic heterocycles. The van der Waals surface area contributed by atoms with E-state index in [1.165, 1.54) is 12.5 Å². The quantitative estimate of drug-likeness (QED) is 0.529. The summed E-state index contributed by atoms with van der Waals surface area (Å²) in [4.78, 5) is 40.1. The van der Waals surface area contributed by atoms with E-state index >= 15 is 0 Å². The maximum Gasteiger partial charge on any atom is 0.326 e. The number of nitrogens with zero attached hydrogens (tertiary/aromatic N) is 2. The van der Waals surface area contributed by atoms with Crippen LogP contribution in [0.25, 0.3) is 0 Å². The van der Waals surface area contributed by atoms with Crippen molar-refractivity contribution in [2.75, 3.05) is 0 Å². The number of nitrogens with one attached hydrogen (secondary N) is 2. The lowest BCUT2D eigenvalue weighted by Crippen LogP contribution is -2.46. The van der Waals surface area contributed by atoms with Gasteiger partial charge in [0.1, 0.15) is 12.4 Å². The molecule has 0 saturated carbocycles. The van der Waals surface area contributed by atoms with Crippen LogP contribution in [0.3, 0.4) is 0 Å². The fraction of sp³-hybridized carbons (Fsp3) is 0.300. The monoisotopic (exact) mass is 268 g/mol. The Bertz CT molecular complexity index is 464. The highest BCUT2D eigenvalue weighted by molar-refractivity contribution is 5.86. The van der Waals surface area contributed by atoms with Gasteiger partial charge in [0.05, 0.1) is 18.7 Å². The van der Waals surface area contributed by atoms with Crippen LogP contribution in [-0.2, 0) is 16.1 Å². The van der Waals surface area contributed by atoms with Crippen molar-refractivity contribution in [2.45, 2.75) is 19.0 Å². The second-order valence-corrected chi connectivity index (χ2v) is 3.52. The topological polar surface area (TPSA) is 142 Å². The Morgan fingerprint density at radius 2 is 2.05 bits per heavy atom. The summed E-state index contributed by atoms with van der Waals surface area (Å²) in [6.07, 6.45) is 2.10. The highest BCUT2D eigenvalue weighted by Crippen LogP contribution is 1.94. The van der Waals surface area contributed by atoms with Crippen molar-refractivity contribution in [1.82, 2.24) is 20.6 Å². The molecule has 9 heteroatoms. The molecule has 0 aliphatic heterocycles. The molecule has 1 aromatic rings. The lowest BCUT2D eigenvalue weighted by atomic mass is 10.2. The van der Waals surface area contributed by atoms with Gasteiger partial charge in [-0.1, -0.05) is 0 Å². The Balaban J connectivity index is 2.45. The van der Waals surface area contributed by atoms with Crippen LogP contribution in [0.2, 0.25) is 0 Å². The molecule has 0 aliphatic carbocycles. The highest BCUT2D eigenvalue weighted by atomic mass is 16.4. The van der Waals surface area contributed by atoms with E-state index in [2.05, 4.69) is 15.3 Å². The van der Waals surface area contributed by atoms with Crippen molar-refractivity contribution in [2.24, 2.45) is 0 Å². The lowest BCUT2D eigenvalue weighted by Gasteiger charge is -2.12. The molecule has 2 amide bonds. The molecule has 0 spiro atoms. The minimum absolute atomic E-state index is 0.0771. The second kappa shape index (κ2) is 6.89. The van der Waals surface area contributed by atoms with Gasteiger partial charge in [-0.3, -0.25) is 4.79 Å². The zero-order chi connectivity index (χ0) is 14.3. The molecule has 0 aliphatic rings. The van der Waals surface area contributed by atoms with E-state index in [1.54, 1.807) is 6.07 Å². The van der Waals surface area contributed by atoms with E-state index in [4.69, 9.17) is 10.2 Å². The first kappa shape index (κ1) is 14.4. The number of urea groups is 1. The number of hydrogen-bond donors (Lipinski definition) is 4. The molecule has 0 fully saturated rings. The van der Waals surface area contributed by atoms with Crippen molar-refractivity contribution in [3.8, 4) is 0 Å². The van der Waals surface area contributed by atoms with Gasteiger partial charge in [0.15, 0.2) is 0 Å². The molecular formula is C10H12N4O5.